The number of ether oxygens (including phenoxy) is 2. The Hall–Kier alpha value is -2.49. The van der Waals surface area contributed by atoms with E-state index in [4.69, 9.17) is 9.47 Å². The van der Waals surface area contributed by atoms with Gasteiger partial charge in [0.25, 0.3) is 0 Å². The summed E-state index contributed by atoms with van der Waals surface area (Å²) < 4.78 is 11.1. The van der Waals surface area contributed by atoms with Gasteiger partial charge in [-0.25, -0.2) is 4.99 Å². The third-order valence-corrected chi connectivity index (χ3v) is 4.37. The molecule has 170 valence electrons. The molecule has 0 saturated heterocycles. The molecule has 0 aromatic heterocycles. The van der Waals surface area contributed by atoms with Crippen LogP contribution in [0.4, 0.5) is 0 Å². The summed E-state index contributed by atoms with van der Waals surface area (Å²) in [5, 5.41) is 6.35. The van der Waals surface area contributed by atoms with E-state index in [-0.39, 0.29) is 42.5 Å². The Morgan fingerprint density at radius 2 is 1.81 bits per heavy atom. The van der Waals surface area contributed by atoms with Crippen LogP contribution in [0.1, 0.15) is 18.1 Å². The number of aliphatic imine (C=N–C) groups is 1. The predicted molar refractivity (Wildman–Crippen MR) is 136 cm³/mol. The molecular formula is C23H33IN4O3. The minimum absolute atomic E-state index is 0. The number of carbonyl (C=O) groups excluding carboxylic acids is 1. The zero-order chi connectivity index (χ0) is 21.9. The maximum Gasteiger partial charge on any atom is 0.241 e. The number of carbonyl (C=O) groups is 1. The second kappa shape index (κ2) is 13.7. The smallest absolute Gasteiger partial charge is 0.241 e. The van der Waals surface area contributed by atoms with E-state index in [1.807, 2.05) is 62.4 Å². The summed E-state index contributed by atoms with van der Waals surface area (Å²) in [6, 6.07) is 15.7. The molecule has 0 spiro atoms. The molecule has 1 atom stereocenters. The lowest BCUT2D eigenvalue weighted by Gasteiger charge is -2.19. The summed E-state index contributed by atoms with van der Waals surface area (Å²) in [6.45, 7) is 5.20. The Balaban J connectivity index is 0.00000480. The number of nitrogens with zero attached hydrogens (tertiary/aromatic N) is 2. The average Bonchev–Trinajstić information content (AvgIpc) is 2.73. The zero-order valence-electron chi connectivity index (χ0n) is 18.8. The summed E-state index contributed by atoms with van der Waals surface area (Å²) in [7, 11) is 5.09. The Labute approximate surface area is 202 Å². The molecule has 1 unspecified atom stereocenters. The van der Waals surface area contributed by atoms with Gasteiger partial charge < -0.3 is 25.0 Å². The van der Waals surface area contributed by atoms with Crippen molar-refractivity contribution in [2.45, 2.75) is 26.5 Å². The number of amides is 1. The van der Waals surface area contributed by atoms with Gasteiger partial charge in [0, 0.05) is 14.1 Å². The van der Waals surface area contributed by atoms with Gasteiger partial charge in [0.1, 0.15) is 17.6 Å². The van der Waals surface area contributed by atoms with E-state index in [9.17, 15) is 4.79 Å². The Morgan fingerprint density at radius 3 is 2.42 bits per heavy atom. The minimum Gasteiger partial charge on any atom is -0.497 e. The van der Waals surface area contributed by atoms with Crippen molar-refractivity contribution in [3.63, 3.8) is 0 Å². The number of guanidine groups is 1. The number of benzene rings is 2. The van der Waals surface area contributed by atoms with Crippen LogP contribution in [-0.4, -0.2) is 57.2 Å². The van der Waals surface area contributed by atoms with E-state index in [1.165, 1.54) is 4.90 Å². The largest absolute Gasteiger partial charge is 0.497 e. The molecule has 0 saturated carbocycles. The first-order chi connectivity index (χ1) is 14.4. The van der Waals surface area contributed by atoms with Crippen LogP contribution in [-0.2, 0) is 11.3 Å². The first-order valence-corrected chi connectivity index (χ1v) is 9.96. The van der Waals surface area contributed by atoms with Crippen molar-refractivity contribution >= 4 is 35.8 Å². The quantitative estimate of drug-likeness (QED) is 0.291. The number of methoxy groups -OCH3 is 1. The van der Waals surface area contributed by atoms with Gasteiger partial charge in [-0.2, -0.15) is 0 Å². The van der Waals surface area contributed by atoms with Crippen LogP contribution in [0.25, 0.3) is 0 Å². The molecular weight excluding hydrogens is 507 g/mol. The molecule has 0 radical (unpaired) electrons. The number of rotatable bonds is 9. The lowest BCUT2D eigenvalue weighted by atomic mass is 10.2. The molecule has 8 heteroatoms. The van der Waals surface area contributed by atoms with E-state index in [0.29, 0.717) is 19.0 Å². The van der Waals surface area contributed by atoms with Crippen LogP contribution < -0.4 is 20.1 Å². The molecule has 0 fully saturated rings. The Morgan fingerprint density at radius 1 is 1.10 bits per heavy atom. The fourth-order valence-electron chi connectivity index (χ4n) is 2.60. The van der Waals surface area contributed by atoms with Crippen molar-refractivity contribution in [3.05, 3.63) is 59.7 Å². The van der Waals surface area contributed by atoms with Gasteiger partial charge in [-0.05, 0) is 49.2 Å². The molecule has 2 rings (SSSR count). The summed E-state index contributed by atoms with van der Waals surface area (Å²) >= 11 is 0. The lowest BCUT2D eigenvalue weighted by Crippen LogP contribution is -2.45. The van der Waals surface area contributed by atoms with Crippen LogP contribution in [0.3, 0.4) is 0 Å². The summed E-state index contributed by atoms with van der Waals surface area (Å²) in [4.78, 5) is 18.1. The van der Waals surface area contributed by atoms with Crippen LogP contribution in [0.5, 0.6) is 11.5 Å². The molecule has 31 heavy (non-hydrogen) atoms. The average molecular weight is 540 g/mol. The van der Waals surface area contributed by atoms with Gasteiger partial charge in [0.05, 0.1) is 26.7 Å². The van der Waals surface area contributed by atoms with Gasteiger partial charge in [-0.1, -0.05) is 24.3 Å². The van der Waals surface area contributed by atoms with Gasteiger partial charge >= 0.3 is 0 Å². The van der Waals surface area contributed by atoms with Crippen molar-refractivity contribution in [2.75, 3.05) is 34.3 Å². The second-order valence-electron chi connectivity index (χ2n) is 7.28. The SMILES string of the molecule is COc1ccc(CN=C(NCC(=O)N(C)C)NCC(C)Oc2cccc(C)c2)cc1.I. The molecule has 2 aromatic rings. The van der Waals surface area contributed by atoms with Gasteiger partial charge in [0.2, 0.25) is 5.91 Å². The third kappa shape index (κ3) is 9.91. The minimum atomic E-state index is -0.0793. The first kappa shape index (κ1) is 26.5. The topological polar surface area (TPSA) is 75.2 Å². The monoisotopic (exact) mass is 540 g/mol. The number of hydrogen-bond acceptors (Lipinski definition) is 4. The van der Waals surface area contributed by atoms with Crippen molar-refractivity contribution in [1.82, 2.24) is 15.5 Å². The molecule has 2 aromatic carbocycles. The van der Waals surface area contributed by atoms with E-state index in [0.717, 1.165) is 22.6 Å². The normalized spacial score (nSPS) is 11.7. The molecule has 0 aliphatic heterocycles. The predicted octanol–water partition coefficient (Wildman–Crippen LogP) is 3.21. The summed E-state index contributed by atoms with van der Waals surface area (Å²) in [6.07, 6.45) is -0.0793. The van der Waals surface area contributed by atoms with Gasteiger partial charge in [-0.3, -0.25) is 4.79 Å². The van der Waals surface area contributed by atoms with Crippen molar-refractivity contribution < 1.29 is 14.3 Å². The van der Waals surface area contributed by atoms with Crippen LogP contribution in [0, 0.1) is 6.92 Å². The van der Waals surface area contributed by atoms with Gasteiger partial charge in [0.15, 0.2) is 5.96 Å². The second-order valence-corrected chi connectivity index (χ2v) is 7.28. The summed E-state index contributed by atoms with van der Waals surface area (Å²) in [5.41, 5.74) is 2.19. The molecule has 0 aliphatic carbocycles. The van der Waals surface area contributed by atoms with E-state index in [2.05, 4.69) is 15.6 Å². The molecule has 0 heterocycles. The molecule has 0 bridgehead atoms. The lowest BCUT2D eigenvalue weighted by molar-refractivity contribution is -0.127. The van der Waals surface area contributed by atoms with Crippen LogP contribution in [0.2, 0.25) is 0 Å². The van der Waals surface area contributed by atoms with Crippen molar-refractivity contribution in [1.29, 1.82) is 0 Å². The molecule has 2 N–H and O–H groups in total. The summed E-state index contributed by atoms with van der Waals surface area (Å²) in [5.74, 6) is 2.16. The fourth-order valence-corrected chi connectivity index (χ4v) is 2.60. The number of aryl methyl sites for hydroxylation is 1. The Kier molecular flexibility index (Phi) is 11.8. The maximum atomic E-state index is 11.9. The van der Waals surface area contributed by atoms with Gasteiger partial charge in [-0.15, -0.1) is 24.0 Å². The molecule has 1 amide bonds. The van der Waals surface area contributed by atoms with Crippen molar-refractivity contribution in [2.24, 2.45) is 4.99 Å². The maximum absolute atomic E-state index is 11.9. The number of nitrogens with one attached hydrogen (secondary N) is 2. The zero-order valence-corrected chi connectivity index (χ0v) is 21.2. The first-order valence-electron chi connectivity index (χ1n) is 9.96. The highest BCUT2D eigenvalue weighted by Gasteiger charge is 2.09. The van der Waals surface area contributed by atoms with Crippen molar-refractivity contribution in [3.8, 4) is 11.5 Å². The fraction of sp³-hybridized carbons (Fsp3) is 0.391. The van der Waals surface area contributed by atoms with E-state index in [1.54, 1.807) is 21.2 Å². The Bertz CT molecular complexity index is 841. The highest BCUT2D eigenvalue weighted by molar-refractivity contribution is 14.0. The van der Waals surface area contributed by atoms with Crippen LogP contribution in [0.15, 0.2) is 53.5 Å². The van der Waals surface area contributed by atoms with E-state index < -0.39 is 0 Å². The van der Waals surface area contributed by atoms with E-state index >= 15 is 0 Å². The number of likely N-dealkylation sites (N-methyl/N-ethyl adjacent to an activating group) is 1. The molecule has 7 nitrogen and oxygen atoms in total. The molecule has 0 aliphatic rings. The highest BCUT2D eigenvalue weighted by Crippen LogP contribution is 2.14. The third-order valence-electron chi connectivity index (χ3n) is 4.37. The van der Waals surface area contributed by atoms with Crippen LogP contribution >= 0.6 is 24.0 Å². The number of hydrogen-bond donors (Lipinski definition) is 2. The standard InChI is InChI=1S/C23H32N4O3.HI/c1-17-7-6-8-21(13-17)30-18(2)14-24-23(26-16-22(28)27(3)4)25-15-19-9-11-20(29-5)12-10-19;/h6-13,18H,14-16H2,1-5H3,(H2,24,25,26);1H. The highest BCUT2D eigenvalue weighted by atomic mass is 127. The number of halogens is 1.